The molecule has 0 fully saturated rings. The third-order valence-corrected chi connectivity index (χ3v) is 4.07. The summed E-state index contributed by atoms with van der Waals surface area (Å²) in [6, 6.07) is 19.3. The number of nitrogens with two attached hydrogens (primary N) is 1. The number of quaternary nitrogens is 1. The van der Waals surface area contributed by atoms with Crippen molar-refractivity contribution in [3.8, 4) is 6.07 Å². The molecule has 0 aliphatic carbocycles. The molecule has 2 aromatic rings. The van der Waals surface area contributed by atoms with E-state index in [1.165, 1.54) is 5.56 Å². The van der Waals surface area contributed by atoms with Crippen LogP contribution in [0.2, 0.25) is 0 Å². The maximum atomic E-state index is 12.5. The lowest BCUT2D eigenvalue weighted by atomic mass is 9.95. The Morgan fingerprint density at radius 2 is 1.79 bits per heavy atom. The quantitative estimate of drug-likeness (QED) is 0.858. The molecule has 2 atom stereocenters. The van der Waals surface area contributed by atoms with Crippen LogP contribution in [-0.4, -0.2) is 11.9 Å². The van der Waals surface area contributed by atoms with Gasteiger partial charge in [0, 0.05) is 17.2 Å². The highest BCUT2D eigenvalue weighted by atomic mass is 16.2. The number of rotatable bonds is 6. The molecule has 0 spiro atoms. The first-order valence-corrected chi connectivity index (χ1v) is 8.22. The molecule has 2 rings (SSSR count). The van der Waals surface area contributed by atoms with Gasteiger partial charge in [-0.2, -0.15) is 5.26 Å². The monoisotopic (exact) mass is 322 g/mol. The molecule has 2 aromatic carbocycles. The number of carbonyl (C=O) groups is 1. The van der Waals surface area contributed by atoms with E-state index in [9.17, 15) is 4.79 Å². The van der Waals surface area contributed by atoms with Gasteiger partial charge in [0.25, 0.3) is 5.91 Å². The van der Waals surface area contributed by atoms with Gasteiger partial charge in [-0.25, -0.2) is 0 Å². The molecular formula is C20H24N3O+. The van der Waals surface area contributed by atoms with Crippen LogP contribution in [-0.2, 0) is 4.79 Å². The summed E-state index contributed by atoms with van der Waals surface area (Å²) in [6.45, 7) is 6.23. The Morgan fingerprint density at radius 3 is 2.42 bits per heavy atom. The third-order valence-electron chi connectivity index (χ3n) is 4.07. The lowest BCUT2D eigenvalue weighted by molar-refractivity contribution is -0.718. The Balaban J connectivity index is 2.05. The molecule has 124 valence electrons. The molecule has 0 saturated heterocycles. The number of anilines is 1. The van der Waals surface area contributed by atoms with Crippen molar-refractivity contribution in [3.63, 3.8) is 0 Å². The van der Waals surface area contributed by atoms with Crippen molar-refractivity contribution in [2.24, 2.45) is 5.92 Å². The van der Waals surface area contributed by atoms with Crippen LogP contribution < -0.4 is 10.6 Å². The lowest BCUT2D eigenvalue weighted by Gasteiger charge is -2.23. The van der Waals surface area contributed by atoms with Crippen molar-refractivity contribution >= 4 is 11.6 Å². The molecule has 0 bridgehead atoms. The number of nitrogens with zero attached hydrogens (tertiary/aromatic N) is 1. The number of amides is 1. The zero-order chi connectivity index (χ0) is 17.5. The van der Waals surface area contributed by atoms with Gasteiger partial charge in [-0.1, -0.05) is 50.2 Å². The van der Waals surface area contributed by atoms with Crippen LogP contribution >= 0.6 is 0 Å². The van der Waals surface area contributed by atoms with Crippen LogP contribution in [0.15, 0.2) is 54.6 Å². The van der Waals surface area contributed by atoms with Crippen molar-refractivity contribution in [1.82, 2.24) is 0 Å². The standard InChI is InChI=1S/C20H23N3O/c1-14(2)19(17-9-5-4-6-10-17)22-15(3)20(24)23-18-11-7-8-16(12-18)13-21/h4-12,14-15,19,22H,1-3H3,(H,23,24)/p+1/t15-,19-/m1/s1. The highest BCUT2D eigenvalue weighted by Gasteiger charge is 2.25. The molecule has 1 amide bonds. The van der Waals surface area contributed by atoms with Crippen molar-refractivity contribution in [1.29, 1.82) is 5.26 Å². The van der Waals surface area contributed by atoms with Gasteiger partial charge in [-0.3, -0.25) is 4.79 Å². The van der Waals surface area contributed by atoms with E-state index in [0.717, 1.165) is 0 Å². The summed E-state index contributed by atoms with van der Waals surface area (Å²) in [7, 11) is 0. The number of hydrogen-bond acceptors (Lipinski definition) is 2. The van der Waals surface area contributed by atoms with Gasteiger partial charge in [0.1, 0.15) is 6.04 Å². The number of hydrogen-bond donors (Lipinski definition) is 2. The van der Waals surface area contributed by atoms with Gasteiger partial charge in [0.15, 0.2) is 6.04 Å². The minimum Gasteiger partial charge on any atom is -0.330 e. The number of nitriles is 1. The van der Waals surface area contributed by atoms with Gasteiger partial charge in [0.2, 0.25) is 0 Å². The van der Waals surface area contributed by atoms with Gasteiger partial charge in [-0.05, 0) is 25.1 Å². The second kappa shape index (κ2) is 8.28. The van der Waals surface area contributed by atoms with E-state index in [4.69, 9.17) is 5.26 Å². The van der Waals surface area contributed by atoms with Crippen LogP contribution in [0.4, 0.5) is 5.69 Å². The van der Waals surface area contributed by atoms with Crippen molar-refractivity contribution < 1.29 is 10.1 Å². The van der Waals surface area contributed by atoms with Crippen molar-refractivity contribution in [2.75, 3.05) is 5.32 Å². The smallest absolute Gasteiger partial charge is 0.282 e. The SMILES string of the molecule is CC(C)[C@@H]([NH2+][C@H](C)C(=O)Nc1cccc(C#N)c1)c1ccccc1. The van der Waals surface area contributed by atoms with Crippen LogP contribution in [0.25, 0.3) is 0 Å². The Hall–Kier alpha value is -2.64. The van der Waals surface area contributed by atoms with Crippen LogP contribution in [0.5, 0.6) is 0 Å². The summed E-state index contributed by atoms with van der Waals surface area (Å²) in [5.41, 5.74) is 2.41. The van der Waals surface area contributed by atoms with E-state index in [0.29, 0.717) is 17.2 Å². The normalized spacial score (nSPS) is 13.1. The number of nitrogens with one attached hydrogen (secondary N) is 1. The van der Waals surface area contributed by atoms with Crippen molar-refractivity contribution in [3.05, 3.63) is 65.7 Å². The number of carbonyl (C=O) groups excluding carboxylic acids is 1. The summed E-state index contributed by atoms with van der Waals surface area (Å²) >= 11 is 0. The van der Waals surface area contributed by atoms with E-state index in [1.54, 1.807) is 24.3 Å². The van der Waals surface area contributed by atoms with Crippen molar-refractivity contribution in [2.45, 2.75) is 32.9 Å². The molecule has 3 N–H and O–H groups in total. The van der Waals surface area contributed by atoms with E-state index in [2.05, 4.69) is 42.7 Å². The van der Waals surface area contributed by atoms with Crippen LogP contribution in [0, 0.1) is 17.2 Å². The average Bonchev–Trinajstić information content (AvgIpc) is 2.60. The maximum Gasteiger partial charge on any atom is 0.282 e. The molecule has 4 heteroatoms. The van der Waals surface area contributed by atoms with Gasteiger partial charge < -0.3 is 10.6 Å². The largest absolute Gasteiger partial charge is 0.330 e. The summed E-state index contributed by atoms with van der Waals surface area (Å²) in [5, 5.41) is 13.9. The third kappa shape index (κ3) is 4.68. The van der Waals surface area contributed by atoms with Gasteiger partial charge >= 0.3 is 0 Å². The highest BCUT2D eigenvalue weighted by Crippen LogP contribution is 2.17. The molecule has 24 heavy (non-hydrogen) atoms. The highest BCUT2D eigenvalue weighted by molar-refractivity contribution is 5.93. The topological polar surface area (TPSA) is 69.5 Å². The van der Waals surface area contributed by atoms with E-state index in [1.807, 2.05) is 25.1 Å². The molecule has 4 nitrogen and oxygen atoms in total. The molecule has 0 heterocycles. The summed E-state index contributed by atoms with van der Waals surface area (Å²) in [4.78, 5) is 12.5. The molecule has 0 radical (unpaired) electrons. The Bertz CT molecular complexity index is 719. The maximum absolute atomic E-state index is 12.5. The fourth-order valence-electron chi connectivity index (χ4n) is 2.71. The predicted molar refractivity (Wildman–Crippen MR) is 95.2 cm³/mol. The molecule has 0 aliphatic rings. The first-order valence-electron chi connectivity index (χ1n) is 8.22. The van der Waals surface area contributed by atoms with E-state index in [-0.39, 0.29) is 18.0 Å². The Morgan fingerprint density at radius 1 is 1.08 bits per heavy atom. The Kier molecular flexibility index (Phi) is 6.11. The first kappa shape index (κ1) is 17.7. The minimum atomic E-state index is -0.233. The van der Waals surface area contributed by atoms with Crippen LogP contribution in [0.3, 0.4) is 0 Å². The Labute approximate surface area is 143 Å². The summed E-state index contributed by atoms with van der Waals surface area (Å²) in [6.07, 6.45) is 0. The van der Waals surface area contributed by atoms with Gasteiger partial charge in [-0.15, -0.1) is 0 Å². The minimum absolute atomic E-state index is 0.0633. The molecule has 0 aromatic heterocycles. The second-order valence-corrected chi connectivity index (χ2v) is 6.34. The fourth-order valence-corrected chi connectivity index (χ4v) is 2.71. The summed E-state index contributed by atoms with van der Waals surface area (Å²) < 4.78 is 0. The van der Waals surface area contributed by atoms with Crippen LogP contribution in [0.1, 0.15) is 37.9 Å². The first-order chi connectivity index (χ1) is 11.5. The lowest BCUT2D eigenvalue weighted by Crippen LogP contribution is -2.93. The average molecular weight is 322 g/mol. The van der Waals surface area contributed by atoms with E-state index >= 15 is 0 Å². The molecule has 0 unspecified atom stereocenters. The van der Waals surface area contributed by atoms with E-state index < -0.39 is 0 Å². The zero-order valence-electron chi connectivity index (χ0n) is 14.4. The predicted octanol–water partition coefficient (Wildman–Crippen LogP) is 2.85. The fraction of sp³-hybridized carbons (Fsp3) is 0.300. The molecular weight excluding hydrogens is 298 g/mol. The summed E-state index contributed by atoms with van der Waals surface area (Å²) in [5.74, 6) is 0.344. The molecule has 0 aliphatic heterocycles. The zero-order valence-corrected chi connectivity index (χ0v) is 14.4. The molecule has 0 saturated carbocycles. The van der Waals surface area contributed by atoms with Gasteiger partial charge in [0.05, 0.1) is 11.6 Å². The second-order valence-electron chi connectivity index (χ2n) is 6.34. The number of benzene rings is 2.